The molecule has 10 heteroatoms. The van der Waals surface area contributed by atoms with Gasteiger partial charge in [0.05, 0.1) is 29.8 Å². The molecule has 0 saturated carbocycles. The quantitative estimate of drug-likeness (QED) is 0.623. The Labute approximate surface area is 161 Å². The minimum atomic E-state index is -3.90. The average molecular weight is 402 g/mol. The molecule has 146 valence electrons. The number of carbonyl (C=O) groups excluding carboxylic acids is 1. The van der Waals surface area contributed by atoms with Gasteiger partial charge in [0, 0.05) is 7.05 Å². The third-order valence-corrected chi connectivity index (χ3v) is 5.87. The molecule has 3 rings (SSSR count). The van der Waals surface area contributed by atoms with Crippen molar-refractivity contribution in [2.45, 2.75) is 11.4 Å². The molecular formula is C18H18N4O5S. The molecule has 1 heterocycles. The molecule has 0 aliphatic carbocycles. The highest BCUT2D eigenvalue weighted by Crippen LogP contribution is 2.26. The number of carbonyl (C=O) groups is 1. The van der Waals surface area contributed by atoms with Crippen LogP contribution in [0.1, 0.15) is 15.9 Å². The molecule has 0 unspecified atom stereocenters. The summed E-state index contributed by atoms with van der Waals surface area (Å²) >= 11 is 0. The lowest BCUT2D eigenvalue weighted by Crippen LogP contribution is -2.27. The van der Waals surface area contributed by atoms with Crippen molar-refractivity contribution in [1.82, 2.24) is 14.8 Å². The molecule has 0 spiro atoms. The van der Waals surface area contributed by atoms with Crippen molar-refractivity contribution in [2.75, 3.05) is 18.5 Å². The standard InChI is InChI=1S/C18H18N4O5S/c1-21(28(25,26)17-5-3-16(23)4-6-17)15-8-13(10-22-12-19-11-20-22)7-14(9-15)18(24)27-2/h3-9,11-12,23H,10H2,1-2H3. The zero-order valence-electron chi connectivity index (χ0n) is 15.2. The van der Waals surface area contributed by atoms with Crippen molar-refractivity contribution in [2.24, 2.45) is 0 Å². The van der Waals surface area contributed by atoms with E-state index in [9.17, 15) is 18.3 Å². The number of nitrogens with zero attached hydrogens (tertiary/aromatic N) is 4. The van der Waals surface area contributed by atoms with E-state index >= 15 is 0 Å². The van der Waals surface area contributed by atoms with Crippen LogP contribution in [-0.2, 0) is 21.3 Å². The minimum absolute atomic E-state index is 0.00842. The predicted octanol–water partition coefficient (Wildman–Crippen LogP) is 1.64. The van der Waals surface area contributed by atoms with E-state index in [0.717, 1.165) is 4.31 Å². The van der Waals surface area contributed by atoms with Crippen LogP contribution in [0.2, 0.25) is 0 Å². The van der Waals surface area contributed by atoms with Crippen LogP contribution in [0.15, 0.2) is 60.0 Å². The number of hydrogen-bond acceptors (Lipinski definition) is 7. The molecule has 0 aliphatic rings. The smallest absolute Gasteiger partial charge is 0.337 e. The number of phenols is 1. The molecule has 0 saturated heterocycles. The van der Waals surface area contributed by atoms with Gasteiger partial charge in [0.25, 0.3) is 10.0 Å². The molecule has 9 nitrogen and oxygen atoms in total. The van der Waals surface area contributed by atoms with E-state index in [0.29, 0.717) is 12.1 Å². The van der Waals surface area contributed by atoms with Gasteiger partial charge < -0.3 is 9.84 Å². The molecule has 1 aromatic heterocycles. The highest BCUT2D eigenvalue weighted by molar-refractivity contribution is 7.92. The summed E-state index contributed by atoms with van der Waals surface area (Å²) in [5, 5.41) is 13.4. The lowest BCUT2D eigenvalue weighted by atomic mass is 10.1. The number of ether oxygens (including phenoxy) is 1. The van der Waals surface area contributed by atoms with Gasteiger partial charge in [-0.1, -0.05) is 0 Å². The van der Waals surface area contributed by atoms with Crippen LogP contribution in [0, 0.1) is 0 Å². The first-order chi connectivity index (χ1) is 13.3. The van der Waals surface area contributed by atoms with E-state index in [4.69, 9.17) is 4.74 Å². The molecular weight excluding hydrogens is 384 g/mol. The Morgan fingerprint density at radius 2 is 1.93 bits per heavy atom. The Balaban J connectivity index is 2.03. The number of aromatic nitrogens is 3. The number of rotatable bonds is 6. The van der Waals surface area contributed by atoms with Crippen molar-refractivity contribution in [3.05, 3.63) is 66.2 Å². The topological polar surface area (TPSA) is 115 Å². The summed E-state index contributed by atoms with van der Waals surface area (Å²) in [6.07, 6.45) is 2.90. The fraction of sp³-hybridized carbons (Fsp3) is 0.167. The summed E-state index contributed by atoms with van der Waals surface area (Å²) in [7, 11) is -1.26. The van der Waals surface area contributed by atoms with Crippen LogP contribution in [-0.4, -0.2) is 48.4 Å². The van der Waals surface area contributed by atoms with Crippen LogP contribution in [0.5, 0.6) is 5.75 Å². The molecule has 2 aromatic carbocycles. The lowest BCUT2D eigenvalue weighted by molar-refractivity contribution is 0.0600. The van der Waals surface area contributed by atoms with Gasteiger partial charge in [-0.3, -0.25) is 4.31 Å². The first-order valence-corrected chi connectivity index (χ1v) is 9.58. The zero-order valence-corrected chi connectivity index (χ0v) is 16.0. The number of benzene rings is 2. The second kappa shape index (κ2) is 7.69. The van der Waals surface area contributed by atoms with Gasteiger partial charge in [-0.15, -0.1) is 0 Å². The second-order valence-electron chi connectivity index (χ2n) is 5.94. The van der Waals surface area contributed by atoms with Crippen LogP contribution in [0.25, 0.3) is 0 Å². The van der Waals surface area contributed by atoms with Crippen molar-refractivity contribution in [1.29, 1.82) is 0 Å². The molecule has 0 fully saturated rings. The first kappa shape index (κ1) is 19.4. The average Bonchev–Trinajstić information content (AvgIpc) is 3.19. The fourth-order valence-electron chi connectivity index (χ4n) is 2.60. The van der Waals surface area contributed by atoms with E-state index in [-0.39, 0.29) is 21.9 Å². The Morgan fingerprint density at radius 3 is 2.54 bits per heavy atom. The normalized spacial score (nSPS) is 11.2. The van der Waals surface area contributed by atoms with E-state index in [1.165, 1.54) is 57.1 Å². The number of hydrogen-bond donors (Lipinski definition) is 1. The number of esters is 1. The van der Waals surface area contributed by atoms with Crippen LogP contribution in [0.4, 0.5) is 5.69 Å². The third kappa shape index (κ3) is 3.96. The van der Waals surface area contributed by atoms with E-state index < -0.39 is 16.0 Å². The molecule has 28 heavy (non-hydrogen) atoms. The largest absolute Gasteiger partial charge is 0.508 e. The van der Waals surface area contributed by atoms with Crippen LogP contribution >= 0.6 is 0 Å². The zero-order chi connectivity index (χ0) is 20.3. The molecule has 0 amide bonds. The number of aromatic hydroxyl groups is 1. The summed E-state index contributed by atoms with van der Waals surface area (Å²) in [5.74, 6) is -0.624. The SMILES string of the molecule is COC(=O)c1cc(Cn2cncn2)cc(N(C)S(=O)(=O)c2ccc(O)cc2)c1. The molecule has 0 radical (unpaired) electrons. The summed E-state index contributed by atoms with van der Waals surface area (Å²) < 4.78 is 33.2. The molecule has 0 aliphatic heterocycles. The van der Waals surface area contributed by atoms with Crippen molar-refractivity contribution < 1.29 is 23.1 Å². The Hall–Kier alpha value is -3.40. The van der Waals surface area contributed by atoms with Gasteiger partial charge in [-0.25, -0.2) is 22.9 Å². The van der Waals surface area contributed by atoms with E-state index in [1.54, 1.807) is 16.8 Å². The second-order valence-corrected chi connectivity index (χ2v) is 7.91. The Kier molecular flexibility index (Phi) is 5.32. The maximum absolute atomic E-state index is 12.9. The van der Waals surface area contributed by atoms with E-state index in [1.807, 2.05) is 0 Å². The van der Waals surface area contributed by atoms with Gasteiger partial charge in [-0.05, 0) is 48.0 Å². The van der Waals surface area contributed by atoms with Gasteiger partial charge in [-0.2, -0.15) is 5.10 Å². The maximum Gasteiger partial charge on any atom is 0.337 e. The van der Waals surface area contributed by atoms with Crippen molar-refractivity contribution >= 4 is 21.7 Å². The van der Waals surface area contributed by atoms with Crippen molar-refractivity contribution in [3.8, 4) is 5.75 Å². The third-order valence-electron chi connectivity index (χ3n) is 4.07. The fourth-order valence-corrected chi connectivity index (χ4v) is 3.78. The Morgan fingerprint density at radius 1 is 1.21 bits per heavy atom. The number of methoxy groups -OCH3 is 1. The highest BCUT2D eigenvalue weighted by Gasteiger charge is 2.23. The lowest BCUT2D eigenvalue weighted by Gasteiger charge is -2.21. The molecule has 1 N–H and O–H groups in total. The highest BCUT2D eigenvalue weighted by atomic mass is 32.2. The van der Waals surface area contributed by atoms with Gasteiger partial charge >= 0.3 is 5.97 Å². The predicted molar refractivity (Wildman–Crippen MR) is 101 cm³/mol. The number of sulfonamides is 1. The van der Waals surface area contributed by atoms with Crippen molar-refractivity contribution in [3.63, 3.8) is 0 Å². The van der Waals surface area contributed by atoms with Crippen LogP contribution < -0.4 is 4.31 Å². The monoisotopic (exact) mass is 402 g/mol. The van der Waals surface area contributed by atoms with Crippen LogP contribution in [0.3, 0.4) is 0 Å². The minimum Gasteiger partial charge on any atom is -0.508 e. The molecule has 3 aromatic rings. The maximum atomic E-state index is 12.9. The van der Waals surface area contributed by atoms with Gasteiger partial charge in [0.15, 0.2) is 0 Å². The summed E-state index contributed by atoms with van der Waals surface area (Å²) in [6, 6.07) is 9.89. The van der Waals surface area contributed by atoms with Gasteiger partial charge in [0.2, 0.25) is 0 Å². The number of phenolic OH excluding ortho intramolecular Hbond substituents is 1. The number of anilines is 1. The summed E-state index contributed by atoms with van der Waals surface area (Å²) in [5.41, 5.74) is 1.14. The molecule has 0 bridgehead atoms. The molecule has 0 atom stereocenters. The first-order valence-electron chi connectivity index (χ1n) is 8.14. The van der Waals surface area contributed by atoms with E-state index in [2.05, 4.69) is 10.1 Å². The summed E-state index contributed by atoms with van der Waals surface area (Å²) in [4.78, 5) is 15.9. The Bertz CT molecular complexity index is 1080. The van der Waals surface area contributed by atoms with Gasteiger partial charge in [0.1, 0.15) is 18.4 Å². The summed E-state index contributed by atoms with van der Waals surface area (Å²) in [6.45, 7) is 0.297.